The maximum absolute atomic E-state index is 12.7. The number of aryl methyl sites for hydroxylation is 1. The van der Waals surface area contributed by atoms with Crippen molar-refractivity contribution in [2.24, 2.45) is 0 Å². The van der Waals surface area contributed by atoms with Gasteiger partial charge < -0.3 is 4.90 Å². The molecule has 1 aromatic carbocycles. The third-order valence-electron chi connectivity index (χ3n) is 5.07. The van der Waals surface area contributed by atoms with Crippen LogP contribution in [0.3, 0.4) is 0 Å². The van der Waals surface area contributed by atoms with E-state index in [0.29, 0.717) is 32.6 Å². The van der Waals surface area contributed by atoms with Gasteiger partial charge >= 0.3 is 0 Å². The van der Waals surface area contributed by atoms with Crippen LogP contribution in [0.15, 0.2) is 48.7 Å². The minimum Gasteiger partial charge on any atom is -0.354 e. The molecule has 0 saturated carbocycles. The zero-order valence-corrected chi connectivity index (χ0v) is 17.2. The number of anilines is 1. The predicted octanol–water partition coefficient (Wildman–Crippen LogP) is 3.07. The number of nitrogens with zero attached hydrogens (tertiary/aromatic N) is 3. The molecule has 6 heteroatoms. The first-order valence-electron chi connectivity index (χ1n) is 9.49. The maximum Gasteiger partial charge on any atom is 0.214 e. The van der Waals surface area contributed by atoms with Crippen molar-refractivity contribution in [2.45, 2.75) is 32.6 Å². The summed E-state index contributed by atoms with van der Waals surface area (Å²) in [6.45, 7) is 8.92. The predicted molar refractivity (Wildman–Crippen MR) is 111 cm³/mol. The molecule has 0 N–H and O–H groups in total. The van der Waals surface area contributed by atoms with Crippen molar-refractivity contribution in [1.82, 2.24) is 9.29 Å². The van der Waals surface area contributed by atoms with Crippen LogP contribution in [0.5, 0.6) is 0 Å². The van der Waals surface area contributed by atoms with Gasteiger partial charge in [-0.15, -0.1) is 0 Å². The Bertz CT molecular complexity index is 835. The molecule has 0 aliphatic carbocycles. The Balaban J connectivity index is 1.55. The largest absolute Gasteiger partial charge is 0.354 e. The summed E-state index contributed by atoms with van der Waals surface area (Å²) in [5.74, 6) is 1.07. The van der Waals surface area contributed by atoms with Crippen LogP contribution in [-0.4, -0.2) is 49.6 Å². The number of hydrogen-bond acceptors (Lipinski definition) is 4. The number of aromatic nitrogens is 1. The topological polar surface area (TPSA) is 53.5 Å². The molecule has 0 unspecified atom stereocenters. The van der Waals surface area contributed by atoms with Crippen molar-refractivity contribution in [3.05, 3.63) is 59.8 Å². The molecule has 1 aromatic heterocycles. The van der Waals surface area contributed by atoms with Gasteiger partial charge in [-0.2, -0.15) is 4.31 Å². The monoisotopic (exact) mass is 387 g/mol. The number of pyridine rings is 1. The molecule has 27 heavy (non-hydrogen) atoms. The van der Waals surface area contributed by atoms with Gasteiger partial charge in [-0.25, -0.2) is 13.4 Å². The molecule has 146 valence electrons. The second-order valence-corrected chi connectivity index (χ2v) is 10.2. The minimum absolute atomic E-state index is 0.109. The van der Waals surface area contributed by atoms with Gasteiger partial charge in [0.25, 0.3) is 0 Å². The molecule has 1 fully saturated rings. The third-order valence-corrected chi connectivity index (χ3v) is 6.95. The lowest BCUT2D eigenvalue weighted by molar-refractivity contribution is 0.384. The summed E-state index contributed by atoms with van der Waals surface area (Å²) in [7, 11) is -3.24. The van der Waals surface area contributed by atoms with Crippen LogP contribution >= 0.6 is 0 Å². The summed E-state index contributed by atoms with van der Waals surface area (Å²) >= 11 is 0. The molecule has 0 bridgehead atoms. The fraction of sp³-hybridized carbons (Fsp3) is 0.476. The van der Waals surface area contributed by atoms with E-state index in [1.54, 1.807) is 10.5 Å². The highest BCUT2D eigenvalue weighted by Gasteiger charge is 2.27. The van der Waals surface area contributed by atoms with Gasteiger partial charge in [0.2, 0.25) is 10.0 Å². The molecule has 3 rings (SSSR count). The summed E-state index contributed by atoms with van der Waals surface area (Å²) in [5, 5.41) is 0. The SMILES string of the molecule is CC(C)(C)c1ccc(CCS(=O)(=O)N2CCN(c3ccccn3)CC2)cc1. The number of rotatable bonds is 5. The quantitative estimate of drug-likeness (QED) is 0.791. The summed E-state index contributed by atoms with van der Waals surface area (Å²) < 4.78 is 27.1. The van der Waals surface area contributed by atoms with Gasteiger partial charge in [0.1, 0.15) is 5.82 Å². The zero-order valence-electron chi connectivity index (χ0n) is 16.4. The van der Waals surface area contributed by atoms with Crippen LogP contribution in [0.1, 0.15) is 31.9 Å². The van der Waals surface area contributed by atoms with Crippen LogP contribution in [0.4, 0.5) is 5.82 Å². The van der Waals surface area contributed by atoms with Gasteiger partial charge in [-0.05, 0) is 35.1 Å². The lowest BCUT2D eigenvalue weighted by Crippen LogP contribution is -2.49. The molecule has 0 radical (unpaired) electrons. The second kappa shape index (κ2) is 7.98. The van der Waals surface area contributed by atoms with Gasteiger partial charge in [-0.3, -0.25) is 0 Å². The van der Waals surface area contributed by atoms with Crippen LogP contribution in [0.2, 0.25) is 0 Å². The molecular formula is C21H29N3O2S. The molecule has 0 atom stereocenters. The Morgan fingerprint density at radius 3 is 2.19 bits per heavy atom. The zero-order chi connectivity index (χ0) is 19.5. The molecule has 0 amide bonds. The lowest BCUT2D eigenvalue weighted by atomic mass is 9.86. The summed E-state index contributed by atoms with van der Waals surface area (Å²) in [5.41, 5.74) is 2.44. The summed E-state index contributed by atoms with van der Waals surface area (Å²) in [4.78, 5) is 6.48. The molecule has 1 saturated heterocycles. The Hall–Kier alpha value is -1.92. The minimum atomic E-state index is -3.24. The number of hydrogen-bond donors (Lipinski definition) is 0. The van der Waals surface area contributed by atoms with E-state index in [1.165, 1.54) is 5.56 Å². The van der Waals surface area contributed by atoms with Crippen LogP contribution in [-0.2, 0) is 21.9 Å². The van der Waals surface area contributed by atoms with E-state index in [2.05, 4.69) is 54.9 Å². The van der Waals surface area contributed by atoms with Crippen molar-refractivity contribution in [1.29, 1.82) is 0 Å². The first-order chi connectivity index (χ1) is 12.8. The van der Waals surface area contributed by atoms with Crippen molar-refractivity contribution >= 4 is 15.8 Å². The summed E-state index contributed by atoms with van der Waals surface area (Å²) in [6, 6.07) is 14.1. The van der Waals surface area contributed by atoms with E-state index in [4.69, 9.17) is 0 Å². The van der Waals surface area contributed by atoms with E-state index in [-0.39, 0.29) is 11.2 Å². The van der Waals surface area contributed by atoms with E-state index in [9.17, 15) is 8.42 Å². The summed E-state index contributed by atoms with van der Waals surface area (Å²) in [6.07, 6.45) is 2.32. The first-order valence-corrected chi connectivity index (χ1v) is 11.1. The Labute approximate surface area is 163 Å². The Morgan fingerprint density at radius 1 is 0.963 bits per heavy atom. The first kappa shape index (κ1) is 19.8. The van der Waals surface area contributed by atoms with E-state index < -0.39 is 10.0 Å². The molecule has 1 aliphatic rings. The van der Waals surface area contributed by atoms with Gasteiger partial charge in [-0.1, -0.05) is 51.1 Å². The fourth-order valence-electron chi connectivity index (χ4n) is 3.28. The van der Waals surface area contributed by atoms with Crippen LogP contribution in [0.25, 0.3) is 0 Å². The van der Waals surface area contributed by atoms with Crippen molar-refractivity contribution in [2.75, 3.05) is 36.8 Å². The third kappa shape index (κ3) is 5.08. The van der Waals surface area contributed by atoms with Gasteiger partial charge in [0.05, 0.1) is 5.75 Å². The molecule has 5 nitrogen and oxygen atoms in total. The van der Waals surface area contributed by atoms with Gasteiger partial charge in [0.15, 0.2) is 0 Å². The normalized spacial score (nSPS) is 16.5. The molecule has 1 aliphatic heterocycles. The number of sulfonamides is 1. The van der Waals surface area contributed by atoms with Crippen LogP contribution < -0.4 is 4.90 Å². The highest BCUT2D eigenvalue weighted by atomic mass is 32.2. The average molecular weight is 388 g/mol. The van der Waals surface area contributed by atoms with Crippen molar-refractivity contribution < 1.29 is 8.42 Å². The van der Waals surface area contributed by atoms with Crippen molar-refractivity contribution in [3.63, 3.8) is 0 Å². The highest BCUT2D eigenvalue weighted by molar-refractivity contribution is 7.89. The van der Waals surface area contributed by atoms with E-state index in [1.807, 2.05) is 18.2 Å². The molecule has 2 heterocycles. The second-order valence-electron chi connectivity index (χ2n) is 8.09. The Morgan fingerprint density at radius 2 is 1.63 bits per heavy atom. The van der Waals surface area contributed by atoms with Crippen LogP contribution in [0, 0.1) is 0 Å². The lowest BCUT2D eigenvalue weighted by Gasteiger charge is -2.34. The van der Waals surface area contributed by atoms with E-state index in [0.717, 1.165) is 11.4 Å². The average Bonchev–Trinajstić information content (AvgIpc) is 2.67. The molecule has 0 spiro atoms. The van der Waals surface area contributed by atoms with Crippen molar-refractivity contribution in [3.8, 4) is 0 Å². The van der Waals surface area contributed by atoms with E-state index >= 15 is 0 Å². The highest BCUT2D eigenvalue weighted by Crippen LogP contribution is 2.22. The standard InChI is InChI=1S/C21H29N3O2S/c1-21(2,3)19-9-7-18(8-10-19)11-17-27(25,26)24-15-13-23(14-16-24)20-6-4-5-12-22-20/h4-10,12H,11,13-17H2,1-3H3. The number of benzene rings is 1. The fourth-order valence-corrected chi connectivity index (χ4v) is 4.76. The molecular weight excluding hydrogens is 358 g/mol. The smallest absolute Gasteiger partial charge is 0.214 e. The Kier molecular flexibility index (Phi) is 5.86. The number of piperazine rings is 1. The van der Waals surface area contributed by atoms with Gasteiger partial charge in [0, 0.05) is 32.4 Å². The molecule has 2 aromatic rings. The maximum atomic E-state index is 12.7.